The Kier molecular flexibility index (Phi) is 43.5. The van der Waals surface area contributed by atoms with Crippen molar-refractivity contribution in [3.8, 4) is 0 Å². The SMILES string of the molecule is C=CCN1C(=O)C(NC(=O)[C@H](OC)[C@H](O)[C@@H](O)[C@H](O)/C=C/C(C)(C)C)CSc2ccccc21.CO[C@@H](C(=O)NC1CSc2ccccc2N(Cc2cc(F)cc(F)c2)C1=O)[C@H](O)[C@@H](O)[C@H](O)/C=C/C(C)(C)C.CO[C@@H](C(=O)NC1CSc2ccccc2NC1=O)[C@H](O)[C@@H](O)[C@H](O)/C=C/C(C)(C)C.CO[C@@H](C(=O)N[C@H]1CCc2ccccc2NC1=O)[C@H](O)[C@@H](O)[C@H](O)/C=C/C(C)(C)C. The third kappa shape index (κ3) is 34.0. The molecule has 32 nitrogen and oxygen atoms in total. The number of rotatable bonds is 32. The normalized spacial score (nSPS) is 20.4. The first-order valence-electron chi connectivity index (χ1n) is 42.7. The molecule has 0 radical (unpaired) electrons. The Morgan fingerprint density at radius 1 is 0.424 bits per heavy atom. The summed E-state index contributed by atoms with van der Waals surface area (Å²) in [6, 6.07) is 28.5. The van der Waals surface area contributed by atoms with Crippen molar-refractivity contribution < 1.29 is 127 Å². The molecule has 9 rings (SSSR count). The summed E-state index contributed by atoms with van der Waals surface area (Å²) in [5, 5.41) is 140. The highest BCUT2D eigenvalue weighted by molar-refractivity contribution is 8.00. The molecule has 37 heteroatoms. The molecule has 0 fully saturated rings. The van der Waals surface area contributed by atoms with Crippen molar-refractivity contribution >= 4 is 105 Å². The van der Waals surface area contributed by atoms with Gasteiger partial charge in [0.25, 0.3) is 35.4 Å². The van der Waals surface area contributed by atoms with Crippen molar-refractivity contribution in [2.24, 2.45) is 21.7 Å². The van der Waals surface area contributed by atoms with Gasteiger partial charge in [-0.05, 0) is 100 Å². The number of halogens is 2. The highest BCUT2D eigenvalue weighted by atomic mass is 32.2. The summed E-state index contributed by atoms with van der Waals surface area (Å²) in [5.41, 5.74) is 2.81. The fraction of sp³-hybridized carbons (Fsp3) is 0.495. The molecule has 726 valence electrons. The predicted octanol–water partition coefficient (Wildman–Crippen LogP) is 5.96. The van der Waals surface area contributed by atoms with E-state index in [1.54, 1.807) is 77.7 Å². The summed E-state index contributed by atoms with van der Waals surface area (Å²) in [5.74, 6) is -5.64. The van der Waals surface area contributed by atoms with Crippen molar-refractivity contribution in [1.29, 1.82) is 0 Å². The van der Waals surface area contributed by atoms with Crippen LogP contribution in [0.5, 0.6) is 0 Å². The molecule has 4 aliphatic rings. The number of benzene rings is 5. The van der Waals surface area contributed by atoms with Gasteiger partial charge in [-0.2, -0.15) is 0 Å². The van der Waals surface area contributed by atoms with Crippen LogP contribution in [0.25, 0.3) is 0 Å². The second kappa shape index (κ2) is 51.5. The Morgan fingerprint density at radius 2 is 0.727 bits per heavy atom. The Balaban J connectivity index is 0.000000272. The van der Waals surface area contributed by atoms with Crippen molar-refractivity contribution in [3.63, 3.8) is 0 Å². The number of fused-ring (bicyclic) bond motifs is 4. The minimum absolute atomic E-state index is 0.127. The summed E-state index contributed by atoms with van der Waals surface area (Å²) >= 11 is 4.14. The first-order chi connectivity index (χ1) is 61.9. The second-order valence-corrected chi connectivity index (χ2v) is 39.3. The minimum atomic E-state index is -1.81. The largest absolute Gasteiger partial charge is 0.387 e. The number of methoxy groups -OCH3 is 4. The molecule has 5 aromatic rings. The van der Waals surface area contributed by atoms with E-state index >= 15 is 0 Å². The summed E-state index contributed by atoms with van der Waals surface area (Å²) in [6.45, 7) is 26.7. The average Bonchev–Trinajstić information content (AvgIpc) is 1.63. The van der Waals surface area contributed by atoms with Crippen LogP contribution in [-0.2, 0) is 70.3 Å². The zero-order chi connectivity index (χ0) is 98.6. The molecule has 4 heterocycles. The van der Waals surface area contributed by atoms with E-state index in [1.807, 2.05) is 138 Å². The fourth-order valence-electron chi connectivity index (χ4n) is 13.3. The van der Waals surface area contributed by atoms with Gasteiger partial charge in [0.05, 0.1) is 23.6 Å². The zero-order valence-electron chi connectivity index (χ0n) is 77.0. The number of carbonyl (C=O) groups excluding carboxylic acids is 8. The molecule has 4 aliphatic heterocycles. The summed E-state index contributed by atoms with van der Waals surface area (Å²) in [7, 11) is 4.78. The van der Waals surface area contributed by atoms with E-state index in [9.17, 15) is 108 Å². The maximum atomic E-state index is 13.9. The summed E-state index contributed by atoms with van der Waals surface area (Å²) in [4.78, 5) is 109. The molecule has 5 aromatic carbocycles. The molecule has 0 saturated heterocycles. The monoisotopic (exact) mass is 1900 g/mol. The van der Waals surface area contributed by atoms with E-state index < -0.39 is 163 Å². The number of carbonyl (C=O) groups is 8. The van der Waals surface area contributed by atoms with E-state index in [2.05, 4.69) is 38.5 Å². The van der Waals surface area contributed by atoms with Crippen LogP contribution in [0.3, 0.4) is 0 Å². The van der Waals surface area contributed by atoms with Gasteiger partial charge in [0, 0.05) is 78.7 Å². The van der Waals surface area contributed by atoms with Gasteiger partial charge in [0.2, 0.25) is 11.8 Å². The van der Waals surface area contributed by atoms with Gasteiger partial charge in [-0.15, -0.1) is 41.9 Å². The number of ether oxygens (including phenoxy) is 4. The zero-order valence-corrected chi connectivity index (χ0v) is 79.5. The lowest BCUT2D eigenvalue weighted by atomic mass is 9.94. The van der Waals surface area contributed by atoms with Crippen LogP contribution in [0.4, 0.5) is 31.5 Å². The van der Waals surface area contributed by atoms with Crippen LogP contribution in [0, 0.1) is 33.3 Å². The predicted molar refractivity (Wildman–Crippen MR) is 501 cm³/mol. The summed E-state index contributed by atoms with van der Waals surface area (Å²) in [6.07, 6.45) is -10.6. The molecule has 0 aliphatic carbocycles. The van der Waals surface area contributed by atoms with Gasteiger partial charge in [-0.1, -0.05) is 192 Å². The number of aryl methyl sites for hydroxylation is 1. The number of para-hydroxylation sites is 4. The quantitative estimate of drug-likeness (QED) is 0.0221. The van der Waals surface area contributed by atoms with E-state index in [-0.39, 0.29) is 69.5 Å². The highest BCUT2D eigenvalue weighted by Gasteiger charge is 2.44. The van der Waals surface area contributed by atoms with Gasteiger partial charge >= 0.3 is 0 Å². The van der Waals surface area contributed by atoms with Crippen LogP contribution >= 0.6 is 35.3 Å². The standard InChI is InChI=1S/C28H34F2N2O6S.C24H34N2O6S.C22H32N2O6.C21H30N2O6S/c1-28(2,3)10-9-21(33)23(34)24(35)25(38-4)26(36)31-19-15-39-22-8-6-5-7-20(22)32(27(19)37)14-16-11-17(29)13-18(30)12-16;1-6-13-26-16-9-7-8-10-18(16)33-14-15(23(26)31)25-22(30)21(32-5)20(29)19(28)17(27)11-12-24(2,3)4;1-22(2,3)12-11-16(25)17(26)18(27)19(30-4)21(29)24-15-10-9-13-7-5-6-8-14(13)23-20(15)28;1-21(2,3)10-9-14(24)16(25)17(26)18(29-4)20(28)23-13-11-30-15-8-6-5-7-12(15)22-19(13)27/h5-13,19,21,23-25,33-35H,14-15H2,1-4H3,(H,31,36);6-12,15,17,19-21,27-29H,1,13-14H2,2-5H3,(H,25,30);5-8,11-12,15-19,25-27H,9-10H2,1-4H3,(H,23,28)(H,24,29);5-10,13-14,16-18,24-26H,11H2,1-4H3,(H,22,27)(H,23,28)/b10-9+;2*12-11+;10-9+/t19?,21-,23+,24-,25-;15?,17-,19+,20-,21-;15-,16+,17-,18+,19+;13?,14-,16+,17-,18-/m1101/s1. The Bertz CT molecular complexity index is 4640. The molecule has 0 spiro atoms. The smallest absolute Gasteiger partial charge is 0.252 e. The molecular formula is C95H130F2N8O24S3. The van der Waals surface area contributed by atoms with Crippen molar-refractivity contribution in [1.82, 2.24) is 21.3 Å². The van der Waals surface area contributed by atoms with E-state index in [4.69, 9.17) is 18.9 Å². The maximum absolute atomic E-state index is 13.9. The molecular weight excluding hydrogens is 1770 g/mol. The number of nitrogens with one attached hydrogen (secondary N) is 6. The Hall–Kier alpha value is -9.17. The molecule has 20 atom stereocenters. The average molecular weight is 1900 g/mol. The topological polar surface area (TPSA) is 495 Å². The number of thioether (sulfide) groups is 3. The number of aliphatic hydroxyl groups is 12. The van der Waals surface area contributed by atoms with E-state index in [0.717, 1.165) is 51.2 Å². The number of nitrogens with zero attached hydrogens (tertiary/aromatic N) is 2. The van der Waals surface area contributed by atoms with Crippen LogP contribution in [-0.4, -0.2) is 283 Å². The molecule has 3 unspecified atom stereocenters. The van der Waals surface area contributed by atoms with Gasteiger partial charge in [-0.3, -0.25) is 38.4 Å². The molecule has 132 heavy (non-hydrogen) atoms. The number of anilines is 4. The van der Waals surface area contributed by atoms with Gasteiger partial charge in [-0.25, -0.2) is 8.78 Å². The lowest BCUT2D eigenvalue weighted by Gasteiger charge is -2.29. The number of amides is 8. The van der Waals surface area contributed by atoms with Crippen LogP contribution < -0.4 is 41.7 Å². The van der Waals surface area contributed by atoms with Crippen LogP contribution in [0.1, 0.15) is 101 Å². The third-order valence-electron chi connectivity index (χ3n) is 20.5. The van der Waals surface area contributed by atoms with Crippen LogP contribution in [0.2, 0.25) is 0 Å². The van der Waals surface area contributed by atoms with Crippen molar-refractivity contribution in [2.45, 2.75) is 239 Å². The second-order valence-electron chi connectivity index (χ2n) is 36.1. The van der Waals surface area contributed by atoms with Gasteiger partial charge < -0.3 is 122 Å². The van der Waals surface area contributed by atoms with E-state index in [1.165, 1.54) is 85.8 Å². The summed E-state index contributed by atoms with van der Waals surface area (Å²) < 4.78 is 48.1. The minimum Gasteiger partial charge on any atom is -0.387 e. The van der Waals surface area contributed by atoms with E-state index in [0.29, 0.717) is 35.7 Å². The molecule has 8 amide bonds. The lowest BCUT2D eigenvalue weighted by Crippen LogP contribution is -2.56. The molecule has 0 bridgehead atoms. The third-order valence-corrected chi connectivity index (χ3v) is 24.0. The Morgan fingerprint density at radius 3 is 1.11 bits per heavy atom. The lowest BCUT2D eigenvalue weighted by molar-refractivity contribution is -0.150. The Labute approximate surface area is 782 Å². The van der Waals surface area contributed by atoms with Crippen LogP contribution in [0.15, 0.2) is 191 Å². The van der Waals surface area contributed by atoms with Crippen molar-refractivity contribution in [2.75, 3.05) is 72.7 Å². The van der Waals surface area contributed by atoms with Crippen molar-refractivity contribution in [3.05, 3.63) is 199 Å². The molecule has 0 saturated carbocycles. The highest BCUT2D eigenvalue weighted by Crippen LogP contribution is 2.38. The number of hydrogen-bond acceptors (Lipinski definition) is 27. The number of hydrogen-bond donors (Lipinski definition) is 18. The maximum Gasteiger partial charge on any atom is 0.252 e. The van der Waals surface area contributed by atoms with Gasteiger partial charge in [0.15, 0.2) is 24.4 Å². The van der Waals surface area contributed by atoms with Gasteiger partial charge in [0.1, 0.15) is 109 Å². The number of allylic oxidation sites excluding steroid dienone is 4. The first-order valence-corrected chi connectivity index (χ1v) is 45.6. The first kappa shape index (κ1) is 112. The molecule has 0 aromatic heterocycles. The molecule has 18 N–H and O–H groups in total. The fourth-order valence-corrected chi connectivity index (χ4v) is 16.5. The number of aliphatic hydroxyl groups excluding tert-OH is 12.